The van der Waals surface area contributed by atoms with E-state index in [9.17, 15) is 14.7 Å². The smallest absolute Gasteiger partial charge is 0.158 e. The van der Waals surface area contributed by atoms with Crippen molar-refractivity contribution in [3.63, 3.8) is 0 Å². The number of allylic oxidation sites excluding steroid dienone is 1. The molecule has 4 nitrogen and oxygen atoms in total. The van der Waals surface area contributed by atoms with Crippen LogP contribution >= 0.6 is 27.5 Å². The second kappa shape index (κ2) is 8.42. The maximum Gasteiger partial charge on any atom is 0.158 e. The van der Waals surface area contributed by atoms with Gasteiger partial charge in [-0.1, -0.05) is 39.7 Å². The fourth-order valence-corrected chi connectivity index (χ4v) is 4.62. The fourth-order valence-electron chi connectivity index (χ4n) is 4.23. The Labute approximate surface area is 184 Å². The van der Waals surface area contributed by atoms with E-state index in [2.05, 4.69) is 21.2 Å². The van der Waals surface area contributed by atoms with Crippen LogP contribution in [0.5, 0.6) is 0 Å². The van der Waals surface area contributed by atoms with E-state index in [4.69, 9.17) is 11.6 Å². The summed E-state index contributed by atoms with van der Waals surface area (Å²) in [5.74, 6) is -1.59. The van der Waals surface area contributed by atoms with Crippen molar-refractivity contribution < 1.29 is 14.7 Å². The SMILES string of the molecule is CC(=O)C1=C(Nc2ccc(Br)cc2)C[C@](C)(O)[C@@H](C(C)=O)[C@H]1c1ccc(Cl)cc1. The van der Waals surface area contributed by atoms with Gasteiger partial charge >= 0.3 is 0 Å². The standard InChI is InChI=1S/C23H23BrClNO3/c1-13(27)20-19(26-18-10-6-16(24)7-11-18)12-23(3,29)22(14(2)28)21(20)15-4-8-17(25)9-5-15/h4-11,21-22,26,29H,12H2,1-3H3/t21-,22-,23-/m0/s1. The molecule has 0 fully saturated rings. The van der Waals surface area contributed by atoms with Crippen LogP contribution in [0.2, 0.25) is 5.02 Å². The number of carbonyl (C=O) groups excluding carboxylic acids is 2. The lowest BCUT2D eigenvalue weighted by atomic mass is 9.64. The maximum atomic E-state index is 12.8. The van der Waals surface area contributed by atoms with E-state index in [1.807, 2.05) is 36.4 Å². The Morgan fingerprint density at radius 3 is 2.21 bits per heavy atom. The van der Waals surface area contributed by atoms with Gasteiger partial charge in [0.1, 0.15) is 5.78 Å². The Bertz CT molecular complexity index is 965. The Hall–Kier alpha value is -1.95. The fraction of sp³-hybridized carbons (Fsp3) is 0.304. The average molecular weight is 477 g/mol. The van der Waals surface area contributed by atoms with E-state index < -0.39 is 17.4 Å². The lowest BCUT2D eigenvalue weighted by molar-refractivity contribution is -0.131. The molecular formula is C23H23BrClNO3. The lowest BCUT2D eigenvalue weighted by Gasteiger charge is -2.43. The van der Waals surface area contributed by atoms with E-state index in [-0.39, 0.29) is 18.0 Å². The predicted molar refractivity (Wildman–Crippen MR) is 119 cm³/mol. The van der Waals surface area contributed by atoms with Crippen molar-refractivity contribution in [2.75, 3.05) is 5.32 Å². The molecule has 1 aliphatic carbocycles. The molecule has 0 aliphatic heterocycles. The molecule has 2 aromatic rings. The molecule has 0 bridgehead atoms. The van der Waals surface area contributed by atoms with Gasteiger partial charge in [0.15, 0.2) is 5.78 Å². The summed E-state index contributed by atoms with van der Waals surface area (Å²) in [6.07, 6.45) is 0.173. The van der Waals surface area contributed by atoms with Crippen molar-refractivity contribution in [3.8, 4) is 0 Å². The van der Waals surface area contributed by atoms with Crippen LogP contribution in [0.15, 0.2) is 64.3 Å². The van der Waals surface area contributed by atoms with Gasteiger partial charge in [0.05, 0.1) is 11.5 Å². The first-order chi connectivity index (χ1) is 13.6. The molecule has 0 spiro atoms. The number of ketones is 2. The number of benzene rings is 2. The summed E-state index contributed by atoms with van der Waals surface area (Å²) in [7, 11) is 0. The highest BCUT2D eigenvalue weighted by atomic mass is 79.9. The summed E-state index contributed by atoms with van der Waals surface area (Å²) in [5, 5.41) is 15.1. The molecule has 3 atom stereocenters. The van der Waals surface area contributed by atoms with Gasteiger partial charge in [-0.15, -0.1) is 0 Å². The molecule has 0 amide bonds. The number of halogens is 2. The summed E-state index contributed by atoms with van der Waals surface area (Å²) in [5.41, 5.74) is 1.40. The van der Waals surface area contributed by atoms with Crippen molar-refractivity contribution in [3.05, 3.63) is 74.9 Å². The number of Topliss-reactive ketones (excluding diaryl/α,β-unsaturated/α-hetero) is 2. The third-order valence-corrected chi connectivity index (χ3v) is 6.14. The summed E-state index contributed by atoms with van der Waals surface area (Å²) < 4.78 is 0.940. The molecule has 0 saturated carbocycles. The molecule has 2 N–H and O–H groups in total. The number of carbonyl (C=O) groups is 2. The van der Waals surface area contributed by atoms with Gasteiger partial charge in [0.2, 0.25) is 0 Å². The van der Waals surface area contributed by atoms with Crippen LogP contribution in [-0.2, 0) is 9.59 Å². The maximum absolute atomic E-state index is 12.8. The van der Waals surface area contributed by atoms with Gasteiger partial charge in [0, 0.05) is 38.8 Å². The van der Waals surface area contributed by atoms with Gasteiger partial charge in [-0.05, 0) is 62.7 Å². The number of hydrogen-bond acceptors (Lipinski definition) is 4. The Balaban J connectivity index is 2.19. The molecule has 3 rings (SSSR count). The predicted octanol–water partition coefficient (Wildman–Crippen LogP) is 5.50. The number of nitrogens with one attached hydrogen (secondary N) is 1. The summed E-state index contributed by atoms with van der Waals surface area (Å²) >= 11 is 9.45. The van der Waals surface area contributed by atoms with E-state index in [1.54, 1.807) is 19.1 Å². The number of rotatable bonds is 5. The summed E-state index contributed by atoms with van der Waals surface area (Å²) in [6.45, 7) is 4.62. The van der Waals surface area contributed by atoms with Gasteiger partial charge in [-0.3, -0.25) is 9.59 Å². The van der Waals surface area contributed by atoms with Crippen LogP contribution < -0.4 is 5.32 Å². The largest absolute Gasteiger partial charge is 0.389 e. The highest BCUT2D eigenvalue weighted by molar-refractivity contribution is 9.10. The van der Waals surface area contributed by atoms with E-state index in [0.29, 0.717) is 16.3 Å². The lowest BCUT2D eigenvalue weighted by Crippen LogP contribution is -2.48. The molecule has 1 aliphatic rings. The zero-order valence-corrected chi connectivity index (χ0v) is 18.8. The molecule has 0 aromatic heterocycles. The number of aliphatic hydroxyl groups is 1. The normalized spacial score (nSPS) is 24.3. The highest BCUT2D eigenvalue weighted by Crippen LogP contribution is 2.47. The Morgan fingerprint density at radius 2 is 1.69 bits per heavy atom. The number of anilines is 1. The molecular weight excluding hydrogens is 454 g/mol. The molecule has 0 heterocycles. The second-order valence-electron chi connectivity index (χ2n) is 7.73. The van der Waals surface area contributed by atoms with E-state index in [0.717, 1.165) is 15.7 Å². The molecule has 0 saturated heterocycles. The summed E-state index contributed by atoms with van der Waals surface area (Å²) in [6, 6.07) is 14.7. The van der Waals surface area contributed by atoms with Crippen LogP contribution in [0.3, 0.4) is 0 Å². The zero-order chi connectivity index (χ0) is 21.3. The van der Waals surface area contributed by atoms with Gasteiger partial charge in [-0.2, -0.15) is 0 Å². The molecule has 0 radical (unpaired) electrons. The minimum atomic E-state index is -1.31. The van der Waals surface area contributed by atoms with Gasteiger partial charge < -0.3 is 10.4 Å². The van der Waals surface area contributed by atoms with Crippen LogP contribution in [-0.4, -0.2) is 22.3 Å². The first-order valence-corrected chi connectivity index (χ1v) is 10.5. The summed E-state index contributed by atoms with van der Waals surface area (Å²) in [4.78, 5) is 25.3. The van der Waals surface area contributed by atoms with E-state index >= 15 is 0 Å². The van der Waals surface area contributed by atoms with Crippen molar-refractivity contribution in [1.82, 2.24) is 0 Å². The second-order valence-corrected chi connectivity index (χ2v) is 9.08. The quantitative estimate of drug-likeness (QED) is 0.598. The van der Waals surface area contributed by atoms with Crippen LogP contribution in [0.25, 0.3) is 0 Å². The topological polar surface area (TPSA) is 66.4 Å². The van der Waals surface area contributed by atoms with Crippen molar-refractivity contribution in [2.45, 2.75) is 38.7 Å². The van der Waals surface area contributed by atoms with Crippen molar-refractivity contribution >= 4 is 44.8 Å². The van der Waals surface area contributed by atoms with Crippen molar-refractivity contribution in [1.29, 1.82) is 0 Å². The highest BCUT2D eigenvalue weighted by Gasteiger charge is 2.49. The molecule has 29 heavy (non-hydrogen) atoms. The molecule has 0 unspecified atom stereocenters. The van der Waals surface area contributed by atoms with Crippen LogP contribution in [0.4, 0.5) is 5.69 Å². The Kier molecular flexibility index (Phi) is 6.32. The van der Waals surface area contributed by atoms with Crippen LogP contribution in [0.1, 0.15) is 38.7 Å². The number of hydrogen-bond donors (Lipinski definition) is 2. The van der Waals surface area contributed by atoms with Gasteiger partial charge in [0.25, 0.3) is 0 Å². The molecule has 2 aromatic carbocycles. The monoisotopic (exact) mass is 475 g/mol. The molecule has 6 heteroatoms. The van der Waals surface area contributed by atoms with Gasteiger partial charge in [-0.25, -0.2) is 0 Å². The minimum absolute atomic E-state index is 0.133. The Morgan fingerprint density at radius 1 is 1.10 bits per heavy atom. The van der Waals surface area contributed by atoms with Crippen molar-refractivity contribution in [2.24, 2.45) is 5.92 Å². The minimum Gasteiger partial charge on any atom is -0.389 e. The first kappa shape index (κ1) is 21.8. The van der Waals surface area contributed by atoms with E-state index in [1.165, 1.54) is 13.8 Å². The first-order valence-electron chi connectivity index (χ1n) is 9.35. The third kappa shape index (κ3) is 4.63. The molecule has 152 valence electrons. The third-order valence-electron chi connectivity index (χ3n) is 5.36. The zero-order valence-electron chi connectivity index (χ0n) is 16.5. The van der Waals surface area contributed by atoms with Crippen LogP contribution in [0, 0.1) is 5.92 Å². The average Bonchev–Trinajstić information content (AvgIpc) is 2.62.